The average molecular weight is 305 g/mol. The van der Waals surface area contributed by atoms with E-state index >= 15 is 0 Å². The lowest BCUT2D eigenvalue weighted by molar-refractivity contribution is 0.0730. The number of amides is 1. The van der Waals surface area contributed by atoms with Crippen LogP contribution in [0.5, 0.6) is 0 Å². The molecule has 1 heterocycles. The zero-order valence-electron chi connectivity index (χ0n) is 10.0. The van der Waals surface area contributed by atoms with E-state index in [0.717, 1.165) is 0 Å². The lowest BCUT2D eigenvalue weighted by atomic mass is 10.3. The van der Waals surface area contributed by atoms with E-state index in [1.807, 2.05) is 0 Å². The molecule has 1 fully saturated rings. The minimum atomic E-state index is -3.50. The normalized spacial score (nSPS) is 17.1. The number of nitrogens with zero attached hydrogens (tertiary/aromatic N) is 1. The number of carbonyl (C=O) groups is 1. The number of benzene rings is 1. The maximum atomic E-state index is 12.3. The van der Waals surface area contributed by atoms with Crippen molar-refractivity contribution in [3.63, 3.8) is 0 Å². The Morgan fingerprint density at radius 3 is 2.32 bits per heavy atom. The molecule has 1 aliphatic rings. The monoisotopic (exact) mass is 304 g/mol. The van der Waals surface area contributed by atoms with Crippen molar-refractivity contribution in [2.75, 3.05) is 31.6 Å². The second-order valence-corrected chi connectivity index (χ2v) is 6.22. The van der Waals surface area contributed by atoms with Crippen LogP contribution in [0.3, 0.4) is 0 Å². The number of halogens is 1. The zero-order valence-corrected chi connectivity index (χ0v) is 11.6. The molecule has 0 aromatic heterocycles. The molecular formula is C11H13ClN2O4S. The highest BCUT2D eigenvalue weighted by atomic mass is 35.5. The number of rotatable bonds is 3. The van der Waals surface area contributed by atoms with Gasteiger partial charge in [-0.1, -0.05) is 0 Å². The smallest absolute Gasteiger partial charge is 0.318 e. The number of ether oxygens (including phenoxy) is 1. The maximum absolute atomic E-state index is 12.3. The van der Waals surface area contributed by atoms with Gasteiger partial charge < -0.3 is 10.1 Å². The Kier molecular flexibility index (Phi) is 4.41. The minimum Gasteiger partial charge on any atom is -0.379 e. The second kappa shape index (κ2) is 5.87. The first-order chi connectivity index (χ1) is 9.00. The molecule has 1 saturated heterocycles. The van der Waals surface area contributed by atoms with Crippen molar-refractivity contribution in [3.8, 4) is 0 Å². The van der Waals surface area contributed by atoms with Crippen LogP contribution >= 0.6 is 11.6 Å². The van der Waals surface area contributed by atoms with Gasteiger partial charge in [-0.15, -0.1) is 0 Å². The Labute approximate surface area is 116 Å². The molecule has 1 N–H and O–H groups in total. The predicted octanol–water partition coefficient (Wildman–Crippen LogP) is 1.48. The van der Waals surface area contributed by atoms with E-state index in [9.17, 15) is 13.2 Å². The van der Waals surface area contributed by atoms with E-state index in [1.165, 1.54) is 28.6 Å². The van der Waals surface area contributed by atoms with Crippen molar-refractivity contribution >= 4 is 32.7 Å². The number of hydrogen-bond acceptors (Lipinski definition) is 4. The van der Waals surface area contributed by atoms with Crippen molar-refractivity contribution in [2.24, 2.45) is 0 Å². The quantitative estimate of drug-likeness (QED) is 0.678. The van der Waals surface area contributed by atoms with Crippen LogP contribution < -0.4 is 5.32 Å². The summed E-state index contributed by atoms with van der Waals surface area (Å²) in [6, 6.07) is 5.86. The van der Waals surface area contributed by atoms with Gasteiger partial charge in [-0.25, -0.2) is 8.42 Å². The molecule has 0 unspecified atom stereocenters. The Balaban J connectivity index is 2.18. The molecule has 2 rings (SSSR count). The molecule has 19 heavy (non-hydrogen) atoms. The maximum Gasteiger partial charge on any atom is 0.318 e. The average Bonchev–Trinajstić information content (AvgIpc) is 2.40. The molecular weight excluding hydrogens is 292 g/mol. The highest BCUT2D eigenvalue weighted by Gasteiger charge is 2.26. The van der Waals surface area contributed by atoms with Crippen LogP contribution in [-0.2, 0) is 14.8 Å². The van der Waals surface area contributed by atoms with Gasteiger partial charge in [-0.3, -0.25) is 4.79 Å². The van der Waals surface area contributed by atoms with Crippen LogP contribution in [0.4, 0.5) is 10.5 Å². The van der Waals surface area contributed by atoms with Crippen LogP contribution in [0.2, 0.25) is 0 Å². The fraction of sp³-hybridized carbons (Fsp3) is 0.364. The van der Waals surface area contributed by atoms with E-state index in [0.29, 0.717) is 32.0 Å². The highest BCUT2D eigenvalue weighted by molar-refractivity contribution is 7.89. The van der Waals surface area contributed by atoms with Crippen molar-refractivity contribution in [1.29, 1.82) is 0 Å². The molecule has 0 bridgehead atoms. The largest absolute Gasteiger partial charge is 0.379 e. The Morgan fingerprint density at radius 2 is 1.79 bits per heavy atom. The van der Waals surface area contributed by atoms with Gasteiger partial charge in [0.05, 0.1) is 18.1 Å². The van der Waals surface area contributed by atoms with Gasteiger partial charge in [-0.2, -0.15) is 4.31 Å². The van der Waals surface area contributed by atoms with Crippen LogP contribution in [-0.4, -0.2) is 44.4 Å². The van der Waals surface area contributed by atoms with Crippen LogP contribution in [0, 0.1) is 0 Å². The summed E-state index contributed by atoms with van der Waals surface area (Å²) >= 11 is 5.17. The van der Waals surface area contributed by atoms with Crippen molar-refractivity contribution in [2.45, 2.75) is 4.90 Å². The molecule has 6 nitrogen and oxygen atoms in total. The number of nitrogens with one attached hydrogen (secondary N) is 1. The third-order valence-electron chi connectivity index (χ3n) is 2.70. The molecule has 1 amide bonds. The number of carbonyl (C=O) groups excluding carboxylic acids is 1. The molecule has 1 aromatic carbocycles. The van der Waals surface area contributed by atoms with Crippen LogP contribution in [0.25, 0.3) is 0 Å². The third-order valence-corrected chi connectivity index (χ3v) is 4.71. The second-order valence-electron chi connectivity index (χ2n) is 3.94. The summed E-state index contributed by atoms with van der Waals surface area (Å²) in [5.41, 5.74) is 0.445. The van der Waals surface area contributed by atoms with Gasteiger partial charge in [0.25, 0.3) is 0 Å². The standard InChI is InChI=1S/C11H13ClN2O4S/c12-11(15)13-9-1-3-10(4-2-9)19(16,17)14-5-7-18-8-6-14/h1-4H,5-8H2,(H,13,15). The predicted molar refractivity (Wildman–Crippen MR) is 70.9 cm³/mol. The van der Waals surface area contributed by atoms with E-state index in [-0.39, 0.29) is 4.90 Å². The van der Waals surface area contributed by atoms with Crippen LogP contribution in [0.1, 0.15) is 0 Å². The molecule has 1 aliphatic heterocycles. The summed E-state index contributed by atoms with van der Waals surface area (Å²) in [5.74, 6) is 0. The first-order valence-corrected chi connectivity index (χ1v) is 7.46. The van der Waals surface area contributed by atoms with E-state index < -0.39 is 15.4 Å². The van der Waals surface area contributed by atoms with Gasteiger partial charge in [0, 0.05) is 18.8 Å². The van der Waals surface area contributed by atoms with E-state index in [1.54, 1.807) is 0 Å². The van der Waals surface area contributed by atoms with E-state index in [4.69, 9.17) is 16.3 Å². The minimum absolute atomic E-state index is 0.182. The van der Waals surface area contributed by atoms with Crippen molar-refractivity contribution in [1.82, 2.24) is 4.31 Å². The van der Waals surface area contributed by atoms with Gasteiger partial charge in [-0.05, 0) is 35.9 Å². The SMILES string of the molecule is O=C(Cl)Nc1ccc(S(=O)(=O)N2CCOCC2)cc1. The number of hydrogen-bond donors (Lipinski definition) is 1. The molecule has 0 saturated carbocycles. The Bertz CT molecular complexity index is 553. The molecule has 104 valence electrons. The lowest BCUT2D eigenvalue weighted by Gasteiger charge is -2.26. The number of anilines is 1. The van der Waals surface area contributed by atoms with Crippen molar-refractivity contribution in [3.05, 3.63) is 24.3 Å². The van der Waals surface area contributed by atoms with Crippen LogP contribution in [0.15, 0.2) is 29.2 Å². The summed E-state index contributed by atoms with van der Waals surface area (Å²) in [6.45, 7) is 1.50. The summed E-state index contributed by atoms with van der Waals surface area (Å²) in [6.07, 6.45) is 0. The summed E-state index contributed by atoms with van der Waals surface area (Å²) in [5, 5.41) is 1.64. The molecule has 0 aliphatic carbocycles. The topological polar surface area (TPSA) is 75.7 Å². The molecule has 0 atom stereocenters. The summed E-state index contributed by atoms with van der Waals surface area (Å²) in [4.78, 5) is 10.8. The molecule has 8 heteroatoms. The number of morpholine rings is 1. The molecule has 0 spiro atoms. The summed E-state index contributed by atoms with van der Waals surface area (Å²) < 4.78 is 31.1. The third kappa shape index (κ3) is 3.44. The highest BCUT2D eigenvalue weighted by Crippen LogP contribution is 2.19. The first-order valence-electron chi connectivity index (χ1n) is 5.64. The lowest BCUT2D eigenvalue weighted by Crippen LogP contribution is -2.40. The Hall–Kier alpha value is -1.15. The molecule has 1 aromatic rings. The fourth-order valence-corrected chi connectivity index (χ4v) is 3.28. The zero-order chi connectivity index (χ0) is 13.9. The van der Waals surface area contributed by atoms with Gasteiger partial charge in [0.1, 0.15) is 0 Å². The van der Waals surface area contributed by atoms with E-state index in [2.05, 4.69) is 5.32 Å². The summed E-state index contributed by atoms with van der Waals surface area (Å²) in [7, 11) is -3.50. The van der Waals surface area contributed by atoms with Gasteiger partial charge in [0.2, 0.25) is 10.0 Å². The molecule has 0 radical (unpaired) electrons. The first kappa shape index (κ1) is 14.3. The number of sulfonamides is 1. The van der Waals surface area contributed by atoms with Crippen molar-refractivity contribution < 1.29 is 17.9 Å². The Morgan fingerprint density at radius 1 is 1.21 bits per heavy atom. The van der Waals surface area contributed by atoms with Gasteiger partial charge >= 0.3 is 5.37 Å². The fourth-order valence-electron chi connectivity index (χ4n) is 1.76. The van der Waals surface area contributed by atoms with Gasteiger partial charge in [0.15, 0.2) is 0 Å².